The van der Waals surface area contributed by atoms with Crippen molar-refractivity contribution in [1.29, 1.82) is 0 Å². The van der Waals surface area contributed by atoms with Crippen LogP contribution in [0.1, 0.15) is 83.6 Å². The standard InChI is InChI=1S/C30H37N5O4/c1-29(2,3)39-28(38)33-23-12-7-6-11-21-13-14-24(35(21)26(23)36)27(37)34-18-22(25(32-5)30(34)15-16-30)19-9-8-10-20(17-19)31-4/h8-10,17,21-25H,6-7,11-16,18H2,1-3H3,(H,33,38)/t21-,22-,23-,24-,25-/m0/s1. The molecular weight excluding hydrogens is 494 g/mol. The monoisotopic (exact) mass is 531 g/mol. The van der Waals surface area contributed by atoms with Gasteiger partial charge in [-0.15, -0.1) is 0 Å². The molecule has 5 rings (SSSR count). The number of nitrogens with zero attached hydrogens (tertiary/aromatic N) is 4. The maximum absolute atomic E-state index is 14.2. The Morgan fingerprint density at radius 3 is 2.51 bits per heavy atom. The van der Waals surface area contributed by atoms with E-state index in [0.29, 0.717) is 25.1 Å². The molecular formula is C30H37N5O4. The fraction of sp³-hybridized carbons (Fsp3) is 0.633. The maximum Gasteiger partial charge on any atom is 0.408 e. The lowest BCUT2D eigenvalue weighted by atomic mass is 9.90. The van der Waals surface area contributed by atoms with E-state index < -0.39 is 29.3 Å². The minimum atomic E-state index is -0.732. The molecule has 1 spiro atoms. The van der Waals surface area contributed by atoms with E-state index in [2.05, 4.69) is 15.0 Å². The number of rotatable bonds is 3. The fourth-order valence-electron chi connectivity index (χ4n) is 6.88. The van der Waals surface area contributed by atoms with E-state index in [1.165, 1.54) is 0 Å². The van der Waals surface area contributed by atoms with Crippen molar-refractivity contribution in [3.05, 3.63) is 52.7 Å². The first kappa shape index (κ1) is 27.0. The first-order valence-corrected chi connectivity index (χ1v) is 14.0. The lowest BCUT2D eigenvalue weighted by Crippen LogP contribution is -2.58. The number of fused-ring (bicyclic) bond motifs is 1. The summed E-state index contributed by atoms with van der Waals surface area (Å²) in [6.45, 7) is 21.2. The third-order valence-corrected chi connectivity index (χ3v) is 8.75. The number of carbonyl (C=O) groups is 3. The number of ether oxygens (including phenoxy) is 1. The summed E-state index contributed by atoms with van der Waals surface area (Å²) in [5.74, 6) is -0.469. The Hall–Kier alpha value is -3.59. The van der Waals surface area contributed by atoms with Crippen LogP contribution in [0.25, 0.3) is 9.69 Å². The molecule has 0 aromatic heterocycles. The summed E-state index contributed by atoms with van der Waals surface area (Å²) in [7, 11) is 0. The van der Waals surface area contributed by atoms with Gasteiger partial charge in [0.1, 0.15) is 23.2 Å². The molecule has 3 saturated heterocycles. The zero-order valence-corrected chi connectivity index (χ0v) is 23.0. The zero-order valence-electron chi connectivity index (χ0n) is 23.0. The second-order valence-corrected chi connectivity index (χ2v) is 12.4. The summed E-state index contributed by atoms with van der Waals surface area (Å²) < 4.78 is 5.42. The molecule has 1 aliphatic carbocycles. The van der Waals surface area contributed by atoms with Gasteiger partial charge in [0.2, 0.25) is 11.8 Å². The van der Waals surface area contributed by atoms with Crippen molar-refractivity contribution in [2.45, 2.75) is 113 Å². The molecule has 0 unspecified atom stereocenters. The van der Waals surface area contributed by atoms with Gasteiger partial charge >= 0.3 is 6.09 Å². The molecule has 4 aliphatic rings. The van der Waals surface area contributed by atoms with Gasteiger partial charge in [0.15, 0.2) is 5.69 Å². The lowest BCUT2D eigenvalue weighted by Gasteiger charge is -2.37. The predicted molar refractivity (Wildman–Crippen MR) is 145 cm³/mol. The van der Waals surface area contributed by atoms with Gasteiger partial charge in [0, 0.05) is 12.6 Å². The highest BCUT2D eigenvalue weighted by atomic mass is 16.6. The summed E-state index contributed by atoms with van der Waals surface area (Å²) in [4.78, 5) is 51.9. The number of likely N-dealkylation sites (tertiary alicyclic amines) is 1. The van der Waals surface area contributed by atoms with Gasteiger partial charge in [-0.1, -0.05) is 37.1 Å². The number of amides is 3. The molecule has 3 aliphatic heterocycles. The predicted octanol–water partition coefficient (Wildman–Crippen LogP) is 4.81. The molecule has 3 heterocycles. The third kappa shape index (κ3) is 5.07. The average Bonchev–Trinajstić information content (AvgIpc) is 3.45. The first-order chi connectivity index (χ1) is 18.6. The van der Waals surface area contributed by atoms with E-state index in [1.807, 2.05) is 23.1 Å². The zero-order chi connectivity index (χ0) is 27.9. The number of hydrogen-bond donors (Lipinski definition) is 1. The molecule has 3 amide bonds. The minimum Gasteiger partial charge on any atom is -0.444 e. The molecule has 9 nitrogen and oxygen atoms in total. The van der Waals surface area contributed by atoms with E-state index in [-0.39, 0.29) is 29.8 Å². The molecule has 39 heavy (non-hydrogen) atoms. The summed E-state index contributed by atoms with van der Waals surface area (Å²) in [5, 5.41) is 2.78. The van der Waals surface area contributed by atoms with Crippen LogP contribution < -0.4 is 5.32 Å². The molecule has 5 atom stereocenters. The normalized spacial score (nSPS) is 29.6. The molecule has 4 fully saturated rings. The van der Waals surface area contributed by atoms with Gasteiger partial charge in [-0.3, -0.25) is 9.59 Å². The summed E-state index contributed by atoms with van der Waals surface area (Å²) >= 11 is 0. The van der Waals surface area contributed by atoms with Crippen molar-refractivity contribution < 1.29 is 19.1 Å². The minimum absolute atomic E-state index is 0.0322. The van der Waals surface area contributed by atoms with Gasteiger partial charge in [0.25, 0.3) is 6.04 Å². The summed E-state index contributed by atoms with van der Waals surface area (Å²) in [6, 6.07) is 5.64. The van der Waals surface area contributed by atoms with E-state index in [9.17, 15) is 14.4 Å². The quantitative estimate of drug-likeness (QED) is 0.567. The van der Waals surface area contributed by atoms with Crippen molar-refractivity contribution in [2.75, 3.05) is 6.54 Å². The van der Waals surface area contributed by atoms with Gasteiger partial charge in [-0.25, -0.2) is 16.2 Å². The lowest BCUT2D eigenvalue weighted by molar-refractivity contribution is -0.148. The van der Waals surface area contributed by atoms with Crippen molar-refractivity contribution in [3.8, 4) is 0 Å². The van der Waals surface area contributed by atoms with Crippen molar-refractivity contribution in [1.82, 2.24) is 15.1 Å². The van der Waals surface area contributed by atoms with E-state index in [0.717, 1.165) is 44.1 Å². The second kappa shape index (κ2) is 10.2. The van der Waals surface area contributed by atoms with Crippen LogP contribution in [-0.4, -0.2) is 69.6 Å². The first-order valence-electron chi connectivity index (χ1n) is 14.0. The van der Waals surface area contributed by atoms with Gasteiger partial charge in [-0.2, -0.15) is 0 Å². The Balaban J connectivity index is 1.39. The molecule has 0 radical (unpaired) electrons. The average molecular weight is 532 g/mol. The SMILES string of the molecule is [C-]#[N+]c1cccc([C@@H]2CN(C(=O)[C@@H]3CC[C@@H]4CCCC[C@H](NC(=O)OC(C)(C)C)C(=O)N43)C3(CC3)[C@H]2[N+]#[C-])c1. The van der Waals surface area contributed by atoms with Crippen LogP contribution >= 0.6 is 0 Å². The number of nitrogens with one attached hydrogen (secondary N) is 1. The summed E-state index contributed by atoms with van der Waals surface area (Å²) in [5.41, 5.74) is 0.260. The van der Waals surface area contributed by atoms with Crippen LogP contribution in [0.5, 0.6) is 0 Å². The molecule has 9 heteroatoms. The Kier molecular flexibility index (Phi) is 7.05. The number of carbonyl (C=O) groups excluding carboxylic acids is 3. The smallest absolute Gasteiger partial charge is 0.408 e. The molecule has 1 aromatic rings. The highest BCUT2D eigenvalue weighted by molar-refractivity contribution is 5.93. The number of hydrogen-bond acceptors (Lipinski definition) is 4. The van der Waals surface area contributed by atoms with Crippen molar-refractivity contribution >= 4 is 23.6 Å². The Bertz CT molecular complexity index is 1240. The fourth-order valence-corrected chi connectivity index (χ4v) is 6.88. The van der Waals surface area contributed by atoms with Crippen LogP contribution in [0.15, 0.2) is 24.3 Å². The van der Waals surface area contributed by atoms with Gasteiger partial charge in [0.05, 0.1) is 12.5 Å². The van der Waals surface area contributed by atoms with Crippen LogP contribution in [0.4, 0.5) is 10.5 Å². The molecule has 1 saturated carbocycles. The Morgan fingerprint density at radius 2 is 1.85 bits per heavy atom. The highest BCUT2D eigenvalue weighted by Crippen LogP contribution is 2.56. The third-order valence-electron chi connectivity index (χ3n) is 8.75. The van der Waals surface area contributed by atoms with Crippen molar-refractivity contribution in [2.24, 2.45) is 0 Å². The van der Waals surface area contributed by atoms with E-state index >= 15 is 0 Å². The summed E-state index contributed by atoms with van der Waals surface area (Å²) in [6.07, 6.45) is 5.37. The number of benzene rings is 1. The highest BCUT2D eigenvalue weighted by Gasteiger charge is 2.68. The second-order valence-electron chi connectivity index (χ2n) is 12.4. The van der Waals surface area contributed by atoms with Crippen LogP contribution in [0.2, 0.25) is 0 Å². The Morgan fingerprint density at radius 1 is 1.10 bits per heavy atom. The van der Waals surface area contributed by atoms with E-state index in [1.54, 1.807) is 31.7 Å². The van der Waals surface area contributed by atoms with Crippen LogP contribution in [-0.2, 0) is 14.3 Å². The Labute approximate surface area is 230 Å². The van der Waals surface area contributed by atoms with Crippen LogP contribution in [0, 0.1) is 13.1 Å². The largest absolute Gasteiger partial charge is 0.444 e. The molecule has 1 N–H and O–H groups in total. The maximum atomic E-state index is 14.2. The van der Waals surface area contributed by atoms with Gasteiger partial charge < -0.3 is 24.7 Å². The topological polar surface area (TPSA) is 87.7 Å². The molecule has 1 aromatic carbocycles. The molecule has 0 bridgehead atoms. The van der Waals surface area contributed by atoms with E-state index in [4.69, 9.17) is 17.9 Å². The number of alkyl carbamates (subject to hydrolysis) is 1. The van der Waals surface area contributed by atoms with Gasteiger partial charge in [-0.05, 0) is 64.9 Å². The van der Waals surface area contributed by atoms with Crippen LogP contribution in [0.3, 0.4) is 0 Å². The molecule has 206 valence electrons. The van der Waals surface area contributed by atoms with Crippen molar-refractivity contribution in [3.63, 3.8) is 0 Å².